The van der Waals surface area contributed by atoms with Gasteiger partial charge in [0.15, 0.2) is 0 Å². The van der Waals surface area contributed by atoms with Crippen molar-refractivity contribution in [1.29, 1.82) is 0 Å². The Morgan fingerprint density at radius 2 is 1.52 bits per heavy atom. The molecule has 0 radical (unpaired) electrons. The highest BCUT2D eigenvalue weighted by molar-refractivity contribution is 5.87. The van der Waals surface area contributed by atoms with Crippen molar-refractivity contribution in [2.45, 2.75) is 26.4 Å². The van der Waals surface area contributed by atoms with Crippen LogP contribution >= 0.6 is 0 Å². The van der Waals surface area contributed by atoms with E-state index < -0.39 is 5.60 Å². The molecule has 0 unspecified atom stereocenters. The van der Waals surface area contributed by atoms with Gasteiger partial charge in [-0.2, -0.15) is 0 Å². The third-order valence-electron chi connectivity index (χ3n) is 3.28. The topological polar surface area (TPSA) is 93.6 Å². The molecule has 2 rings (SSSR count). The Kier molecular flexibility index (Phi) is 9.93. The highest BCUT2D eigenvalue weighted by Gasteiger charge is 2.22. The van der Waals surface area contributed by atoms with Gasteiger partial charge >= 0.3 is 6.09 Å². The number of nitrogens with one attached hydrogen (secondary N) is 1. The van der Waals surface area contributed by atoms with E-state index >= 15 is 0 Å². The van der Waals surface area contributed by atoms with Crippen LogP contribution in [0.3, 0.4) is 0 Å². The third-order valence-corrected chi connectivity index (χ3v) is 3.28. The Morgan fingerprint density at radius 3 is 2.00 bits per heavy atom. The zero-order valence-electron chi connectivity index (χ0n) is 16.5. The highest BCUT2D eigenvalue weighted by Crippen LogP contribution is 2.17. The molecule has 0 aliphatic heterocycles. The lowest BCUT2D eigenvalue weighted by Gasteiger charge is -2.27. The maximum Gasteiger partial charge on any atom is 0.414 e. The molecular weight excluding hydrogens is 340 g/mol. The lowest BCUT2D eigenvalue weighted by molar-refractivity contribution is 0.0581. The van der Waals surface area contributed by atoms with E-state index in [1.54, 1.807) is 4.90 Å². The van der Waals surface area contributed by atoms with Gasteiger partial charge in [-0.05, 0) is 45.0 Å². The van der Waals surface area contributed by atoms with Crippen LogP contribution in [0.4, 0.5) is 16.2 Å². The average Bonchev–Trinajstić information content (AvgIpc) is 2.65. The molecule has 6 nitrogen and oxygen atoms in total. The molecule has 5 N–H and O–H groups in total. The molecule has 1 amide bonds. The van der Waals surface area contributed by atoms with E-state index in [-0.39, 0.29) is 6.09 Å². The minimum absolute atomic E-state index is 0.367. The van der Waals surface area contributed by atoms with Crippen LogP contribution in [-0.4, -0.2) is 37.9 Å². The zero-order valence-corrected chi connectivity index (χ0v) is 16.5. The molecule has 0 saturated carbocycles. The number of hydrogen-bond acceptors (Lipinski definition) is 5. The average molecular weight is 373 g/mol. The Bertz CT molecular complexity index is 642. The van der Waals surface area contributed by atoms with E-state index in [1.807, 2.05) is 81.4 Å². The van der Waals surface area contributed by atoms with E-state index in [0.29, 0.717) is 19.6 Å². The smallest absolute Gasteiger partial charge is 0.414 e. The fraction of sp³-hybridized carbons (Fsp3) is 0.381. The normalized spacial score (nSPS) is 10.4. The summed E-state index contributed by atoms with van der Waals surface area (Å²) < 4.78 is 5.34. The summed E-state index contributed by atoms with van der Waals surface area (Å²) in [5.41, 5.74) is 12.3. The number of rotatable bonds is 6. The van der Waals surface area contributed by atoms with Crippen LogP contribution in [-0.2, 0) is 4.74 Å². The zero-order chi connectivity index (χ0) is 20.1. The van der Waals surface area contributed by atoms with Crippen molar-refractivity contribution in [3.05, 3.63) is 60.7 Å². The van der Waals surface area contributed by atoms with E-state index in [2.05, 4.69) is 5.32 Å². The van der Waals surface area contributed by atoms with Crippen molar-refractivity contribution in [3.63, 3.8) is 0 Å². The summed E-state index contributed by atoms with van der Waals surface area (Å²) in [6, 6.07) is 19.4. The van der Waals surface area contributed by atoms with Gasteiger partial charge in [0, 0.05) is 37.6 Å². The van der Waals surface area contributed by atoms with Gasteiger partial charge in [0.2, 0.25) is 0 Å². The molecule has 0 bridgehead atoms. The molecule has 0 aliphatic carbocycles. The number of benzene rings is 2. The number of para-hydroxylation sites is 2. The SMILES string of the molecule is CC(C)(C)OC(=O)N(CCN)c1ccccc1.NCCNc1ccccc1. The molecule has 0 aromatic heterocycles. The van der Waals surface area contributed by atoms with Crippen LogP contribution in [0, 0.1) is 0 Å². The number of nitrogens with two attached hydrogens (primary N) is 2. The van der Waals surface area contributed by atoms with Crippen LogP contribution in [0.5, 0.6) is 0 Å². The van der Waals surface area contributed by atoms with Crippen molar-refractivity contribution in [2.75, 3.05) is 36.4 Å². The second-order valence-corrected chi connectivity index (χ2v) is 6.84. The van der Waals surface area contributed by atoms with Crippen LogP contribution in [0.1, 0.15) is 20.8 Å². The predicted molar refractivity (Wildman–Crippen MR) is 113 cm³/mol. The first-order valence-corrected chi connectivity index (χ1v) is 9.12. The summed E-state index contributed by atoms with van der Waals surface area (Å²) in [6.45, 7) is 7.88. The van der Waals surface area contributed by atoms with Gasteiger partial charge in [-0.1, -0.05) is 36.4 Å². The summed E-state index contributed by atoms with van der Waals surface area (Å²) in [5.74, 6) is 0. The second kappa shape index (κ2) is 11.9. The number of amides is 1. The Morgan fingerprint density at radius 1 is 0.963 bits per heavy atom. The monoisotopic (exact) mass is 372 g/mol. The number of carbonyl (C=O) groups is 1. The van der Waals surface area contributed by atoms with Crippen molar-refractivity contribution in [3.8, 4) is 0 Å². The fourth-order valence-electron chi connectivity index (χ4n) is 2.15. The number of anilines is 2. The standard InChI is InChI=1S/C13H20N2O2.C8H12N2/c1-13(2,3)17-12(16)15(10-9-14)11-7-5-4-6-8-11;9-6-7-10-8-4-2-1-3-5-8/h4-8H,9-10,14H2,1-3H3;1-5,10H,6-7,9H2. The van der Waals surface area contributed by atoms with Gasteiger partial charge in [-0.15, -0.1) is 0 Å². The molecule has 0 aliphatic rings. The molecule has 0 saturated heterocycles. The maximum absolute atomic E-state index is 12.0. The summed E-state index contributed by atoms with van der Waals surface area (Å²) in [7, 11) is 0. The molecule has 0 spiro atoms. The van der Waals surface area contributed by atoms with Crippen molar-refractivity contribution >= 4 is 17.5 Å². The first kappa shape index (κ1) is 22.5. The number of nitrogens with zero attached hydrogens (tertiary/aromatic N) is 1. The summed E-state index contributed by atoms with van der Waals surface area (Å²) >= 11 is 0. The van der Waals surface area contributed by atoms with Gasteiger partial charge in [0.1, 0.15) is 5.60 Å². The van der Waals surface area contributed by atoms with Gasteiger partial charge in [0.05, 0.1) is 0 Å². The molecule has 6 heteroatoms. The molecule has 0 heterocycles. The van der Waals surface area contributed by atoms with Crippen molar-refractivity contribution < 1.29 is 9.53 Å². The Hall–Kier alpha value is -2.57. The van der Waals surface area contributed by atoms with Gasteiger partial charge in [-0.3, -0.25) is 4.90 Å². The summed E-state index contributed by atoms with van der Waals surface area (Å²) in [4.78, 5) is 13.5. The molecule has 148 valence electrons. The van der Waals surface area contributed by atoms with Gasteiger partial charge in [-0.25, -0.2) is 4.79 Å². The van der Waals surface area contributed by atoms with Gasteiger partial charge < -0.3 is 21.5 Å². The van der Waals surface area contributed by atoms with Crippen LogP contribution < -0.4 is 21.7 Å². The second-order valence-electron chi connectivity index (χ2n) is 6.84. The molecule has 2 aromatic rings. The van der Waals surface area contributed by atoms with Crippen molar-refractivity contribution in [2.24, 2.45) is 11.5 Å². The minimum Gasteiger partial charge on any atom is -0.443 e. The first-order chi connectivity index (χ1) is 12.9. The van der Waals surface area contributed by atoms with Crippen LogP contribution in [0.25, 0.3) is 0 Å². The van der Waals surface area contributed by atoms with E-state index in [4.69, 9.17) is 16.2 Å². The molecule has 27 heavy (non-hydrogen) atoms. The minimum atomic E-state index is -0.501. The maximum atomic E-state index is 12.0. The largest absolute Gasteiger partial charge is 0.443 e. The molecule has 0 fully saturated rings. The Balaban J connectivity index is 0.000000309. The lowest BCUT2D eigenvalue weighted by Crippen LogP contribution is -2.39. The number of hydrogen-bond donors (Lipinski definition) is 3. The van der Waals surface area contributed by atoms with Crippen LogP contribution in [0.15, 0.2) is 60.7 Å². The Labute approximate surface area is 162 Å². The van der Waals surface area contributed by atoms with E-state index in [0.717, 1.165) is 17.9 Å². The summed E-state index contributed by atoms with van der Waals surface area (Å²) in [5, 5.41) is 3.17. The van der Waals surface area contributed by atoms with E-state index in [1.165, 1.54) is 0 Å². The first-order valence-electron chi connectivity index (χ1n) is 9.12. The quantitative estimate of drug-likeness (QED) is 0.722. The molecular formula is C21H32N4O2. The predicted octanol–water partition coefficient (Wildman–Crippen LogP) is 3.44. The highest BCUT2D eigenvalue weighted by atomic mass is 16.6. The lowest BCUT2D eigenvalue weighted by atomic mass is 10.2. The third kappa shape index (κ3) is 9.63. The van der Waals surface area contributed by atoms with Crippen molar-refractivity contribution in [1.82, 2.24) is 0 Å². The van der Waals surface area contributed by atoms with E-state index in [9.17, 15) is 4.79 Å². The van der Waals surface area contributed by atoms with Crippen LogP contribution in [0.2, 0.25) is 0 Å². The van der Waals surface area contributed by atoms with Gasteiger partial charge in [0.25, 0.3) is 0 Å². The fourth-order valence-corrected chi connectivity index (χ4v) is 2.15. The molecule has 2 aromatic carbocycles. The molecule has 0 atom stereocenters. The number of ether oxygens (including phenoxy) is 1. The summed E-state index contributed by atoms with van der Waals surface area (Å²) in [6.07, 6.45) is -0.367. The number of carbonyl (C=O) groups excluding carboxylic acids is 1.